The Balaban J connectivity index is 2.06. The number of aromatic nitrogens is 1. The fraction of sp³-hybridized carbons (Fsp3) is 0.200. The van der Waals surface area contributed by atoms with Crippen LogP contribution >= 0.6 is 0 Å². The van der Waals surface area contributed by atoms with Gasteiger partial charge in [0, 0.05) is 13.7 Å². The number of methoxy groups -OCH3 is 1. The van der Waals surface area contributed by atoms with Gasteiger partial charge in [0.2, 0.25) is 0 Å². The second-order valence-corrected chi connectivity index (χ2v) is 4.53. The third-order valence-corrected chi connectivity index (χ3v) is 2.90. The Labute approximate surface area is 130 Å². The van der Waals surface area contributed by atoms with Crippen LogP contribution in [0.1, 0.15) is 10.5 Å². The Morgan fingerprint density at radius 2 is 1.96 bits per heavy atom. The topological polar surface area (TPSA) is 63.2 Å². The molecule has 0 unspecified atom stereocenters. The number of carbonyl (C=O) groups excluding carboxylic acids is 1. The highest BCUT2D eigenvalue weighted by Gasteiger charge is 2.13. The molecule has 0 aliphatic heterocycles. The Hall–Kier alpha value is -2.61. The summed E-state index contributed by atoms with van der Waals surface area (Å²) in [5.74, 6) is -4.54. The summed E-state index contributed by atoms with van der Waals surface area (Å²) < 4.78 is 44.4. The molecule has 0 spiro atoms. The number of amides is 1. The van der Waals surface area contributed by atoms with Crippen molar-refractivity contribution in [3.05, 3.63) is 53.6 Å². The summed E-state index contributed by atoms with van der Waals surface area (Å²) in [6.45, 7) is 0.720. The van der Waals surface area contributed by atoms with Gasteiger partial charge in [-0.05, 0) is 24.3 Å². The zero-order valence-corrected chi connectivity index (χ0v) is 12.2. The number of anilines is 2. The smallest absolute Gasteiger partial charge is 0.269 e. The molecule has 1 aromatic heterocycles. The average molecular weight is 325 g/mol. The van der Waals surface area contributed by atoms with Gasteiger partial charge in [-0.25, -0.2) is 18.2 Å². The predicted octanol–water partition coefficient (Wildman–Crippen LogP) is 2.62. The minimum atomic E-state index is -1.56. The standard InChI is InChI=1S/C15H14F3N3O2/c1-23-7-6-19-15(22)12-4-2-9(8-20-12)21-11-5-3-10(16)13(17)14(11)18/h2-5,8,21H,6-7H2,1H3,(H,19,22). The molecule has 0 aliphatic carbocycles. The van der Waals surface area contributed by atoms with Crippen LogP contribution in [0.2, 0.25) is 0 Å². The van der Waals surface area contributed by atoms with Crippen LogP contribution in [0.15, 0.2) is 30.5 Å². The minimum absolute atomic E-state index is 0.164. The van der Waals surface area contributed by atoms with E-state index < -0.39 is 17.5 Å². The van der Waals surface area contributed by atoms with Crippen molar-refractivity contribution in [2.75, 3.05) is 25.6 Å². The van der Waals surface area contributed by atoms with Crippen molar-refractivity contribution in [1.29, 1.82) is 0 Å². The lowest BCUT2D eigenvalue weighted by atomic mass is 10.2. The summed E-state index contributed by atoms with van der Waals surface area (Å²) in [6, 6.07) is 4.77. The van der Waals surface area contributed by atoms with Crippen LogP contribution in [0, 0.1) is 17.5 Å². The highest BCUT2D eigenvalue weighted by molar-refractivity contribution is 5.92. The molecule has 2 rings (SSSR count). The maximum Gasteiger partial charge on any atom is 0.269 e. The van der Waals surface area contributed by atoms with Crippen molar-refractivity contribution in [3.63, 3.8) is 0 Å². The fourth-order valence-electron chi connectivity index (χ4n) is 1.74. The van der Waals surface area contributed by atoms with Crippen LogP contribution in [0.4, 0.5) is 24.5 Å². The molecule has 122 valence electrons. The van der Waals surface area contributed by atoms with Crippen LogP contribution in [0.5, 0.6) is 0 Å². The second-order valence-electron chi connectivity index (χ2n) is 4.53. The summed E-state index contributed by atoms with van der Waals surface area (Å²) in [5.41, 5.74) is 0.253. The molecule has 2 N–H and O–H groups in total. The average Bonchev–Trinajstić information content (AvgIpc) is 2.56. The van der Waals surface area contributed by atoms with E-state index in [-0.39, 0.29) is 17.3 Å². The van der Waals surface area contributed by atoms with Crippen LogP contribution in [0.3, 0.4) is 0 Å². The van der Waals surface area contributed by atoms with Crippen molar-refractivity contribution in [3.8, 4) is 0 Å². The van der Waals surface area contributed by atoms with Gasteiger partial charge < -0.3 is 15.4 Å². The summed E-state index contributed by atoms with van der Waals surface area (Å²) in [7, 11) is 1.52. The van der Waals surface area contributed by atoms with Gasteiger partial charge in [0.15, 0.2) is 17.5 Å². The lowest BCUT2D eigenvalue weighted by Gasteiger charge is -2.09. The van der Waals surface area contributed by atoms with Gasteiger partial charge in [-0.2, -0.15) is 0 Å². The van der Waals surface area contributed by atoms with Crippen molar-refractivity contribution < 1.29 is 22.7 Å². The van der Waals surface area contributed by atoms with Crippen molar-refractivity contribution in [2.45, 2.75) is 0 Å². The van der Waals surface area contributed by atoms with E-state index in [0.717, 1.165) is 12.1 Å². The fourth-order valence-corrected chi connectivity index (χ4v) is 1.74. The normalized spacial score (nSPS) is 10.4. The number of nitrogens with zero attached hydrogens (tertiary/aromatic N) is 1. The molecule has 23 heavy (non-hydrogen) atoms. The van der Waals surface area contributed by atoms with Crippen molar-refractivity contribution in [2.24, 2.45) is 0 Å². The molecule has 0 saturated carbocycles. The van der Waals surface area contributed by atoms with Crippen LogP contribution in [-0.4, -0.2) is 31.2 Å². The highest BCUT2D eigenvalue weighted by atomic mass is 19.2. The summed E-state index contributed by atoms with van der Waals surface area (Å²) in [5, 5.41) is 5.16. The third kappa shape index (κ3) is 4.19. The van der Waals surface area contributed by atoms with Gasteiger partial charge in [0.05, 0.1) is 24.2 Å². The Morgan fingerprint density at radius 3 is 2.61 bits per heavy atom. The quantitative estimate of drug-likeness (QED) is 0.633. The molecule has 0 bridgehead atoms. The molecule has 1 aromatic carbocycles. The van der Waals surface area contributed by atoms with E-state index in [1.54, 1.807) is 0 Å². The molecule has 5 nitrogen and oxygen atoms in total. The molecule has 8 heteroatoms. The number of hydrogen-bond acceptors (Lipinski definition) is 4. The van der Waals surface area contributed by atoms with E-state index in [1.165, 1.54) is 25.4 Å². The van der Waals surface area contributed by atoms with Gasteiger partial charge in [-0.15, -0.1) is 0 Å². The van der Waals surface area contributed by atoms with Crippen LogP contribution in [-0.2, 0) is 4.74 Å². The molecule has 0 radical (unpaired) electrons. The van der Waals surface area contributed by atoms with Crippen molar-refractivity contribution in [1.82, 2.24) is 10.3 Å². The lowest BCUT2D eigenvalue weighted by Crippen LogP contribution is -2.27. The first-order chi connectivity index (χ1) is 11.0. The van der Waals surface area contributed by atoms with E-state index >= 15 is 0 Å². The zero-order chi connectivity index (χ0) is 16.8. The summed E-state index contributed by atoms with van der Waals surface area (Å²) >= 11 is 0. The lowest BCUT2D eigenvalue weighted by molar-refractivity contribution is 0.0932. The molecule has 0 aliphatic rings. The summed E-state index contributed by atoms with van der Waals surface area (Å²) in [4.78, 5) is 15.6. The number of halogens is 3. The monoisotopic (exact) mass is 325 g/mol. The number of hydrogen-bond donors (Lipinski definition) is 2. The van der Waals surface area contributed by atoms with Gasteiger partial charge >= 0.3 is 0 Å². The number of ether oxygens (including phenoxy) is 1. The number of rotatable bonds is 6. The SMILES string of the molecule is COCCNC(=O)c1ccc(Nc2ccc(F)c(F)c2F)cn1. The van der Waals surface area contributed by atoms with Gasteiger partial charge in [-0.1, -0.05) is 0 Å². The van der Waals surface area contributed by atoms with E-state index in [4.69, 9.17) is 4.74 Å². The van der Waals surface area contributed by atoms with E-state index in [1.807, 2.05) is 0 Å². The zero-order valence-electron chi connectivity index (χ0n) is 12.2. The van der Waals surface area contributed by atoms with Crippen LogP contribution in [0.25, 0.3) is 0 Å². The molecule has 1 heterocycles. The molecular formula is C15H14F3N3O2. The number of nitrogens with one attached hydrogen (secondary N) is 2. The highest BCUT2D eigenvalue weighted by Crippen LogP contribution is 2.23. The maximum atomic E-state index is 13.6. The van der Waals surface area contributed by atoms with E-state index in [9.17, 15) is 18.0 Å². The number of benzene rings is 1. The van der Waals surface area contributed by atoms with Crippen molar-refractivity contribution >= 4 is 17.3 Å². The molecule has 0 saturated heterocycles. The molecule has 1 amide bonds. The first kappa shape index (κ1) is 16.8. The Bertz CT molecular complexity index is 693. The molecule has 0 fully saturated rings. The summed E-state index contributed by atoms with van der Waals surface area (Å²) in [6.07, 6.45) is 1.28. The van der Waals surface area contributed by atoms with E-state index in [2.05, 4.69) is 15.6 Å². The molecule has 0 atom stereocenters. The first-order valence-corrected chi connectivity index (χ1v) is 6.66. The second kappa shape index (κ2) is 7.59. The third-order valence-electron chi connectivity index (χ3n) is 2.90. The maximum absolute atomic E-state index is 13.6. The predicted molar refractivity (Wildman–Crippen MR) is 78.0 cm³/mol. The largest absolute Gasteiger partial charge is 0.383 e. The Kier molecular flexibility index (Phi) is 5.53. The molecule has 2 aromatic rings. The Morgan fingerprint density at radius 1 is 1.17 bits per heavy atom. The van der Waals surface area contributed by atoms with Crippen LogP contribution < -0.4 is 10.6 Å². The van der Waals surface area contributed by atoms with Gasteiger partial charge in [0.25, 0.3) is 5.91 Å². The molecular weight excluding hydrogens is 311 g/mol. The minimum Gasteiger partial charge on any atom is -0.383 e. The van der Waals surface area contributed by atoms with Gasteiger partial charge in [-0.3, -0.25) is 4.79 Å². The number of carbonyl (C=O) groups is 1. The van der Waals surface area contributed by atoms with Gasteiger partial charge in [0.1, 0.15) is 5.69 Å². The first-order valence-electron chi connectivity index (χ1n) is 6.66. The van der Waals surface area contributed by atoms with E-state index in [0.29, 0.717) is 18.8 Å². The number of pyridine rings is 1.